The molecule has 0 aliphatic carbocycles. The first-order chi connectivity index (χ1) is 14.3. The van der Waals surface area contributed by atoms with Gasteiger partial charge in [0, 0.05) is 43.2 Å². The van der Waals surface area contributed by atoms with Crippen LogP contribution in [0.25, 0.3) is 0 Å². The third-order valence-electron chi connectivity index (χ3n) is 4.65. The van der Waals surface area contributed by atoms with Crippen molar-refractivity contribution in [1.82, 2.24) is 4.98 Å². The molecular formula is C22H25N5OS. The summed E-state index contributed by atoms with van der Waals surface area (Å²) in [5.74, 6) is 1.92. The lowest BCUT2D eigenvalue weighted by molar-refractivity contribution is 0.483. The third kappa shape index (κ3) is 5.48. The first kappa shape index (κ1) is 19.3. The highest BCUT2D eigenvalue weighted by Gasteiger charge is 2.15. The summed E-state index contributed by atoms with van der Waals surface area (Å²) in [6, 6.07) is 17.3. The van der Waals surface area contributed by atoms with Crippen LogP contribution in [0.1, 0.15) is 18.5 Å². The van der Waals surface area contributed by atoms with E-state index in [-0.39, 0.29) is 0 Å². The zero-order valence-electron chi connectivity index (χ0n) is 16.3. The molecule has 6 nitrogen and oxygen atoms in total. The second kappa shape index (κ2) is 9.43. The van der Waals surface area contributed by atoms with Gasteiger partial charge in [0.15, 0.2) is 11.1 Å². The molecule has 1 aromatic heterocycles. The fraction of sp³-hybridized carbons (Fsp3) is 0.273. The Hall–Kier alpha value is -3.06. The molecule has 1 saturated heterocycles. The van der Waals surface area contributed by atoms with Crippen molar-refractivity contribution >= 4 is 28.1 Å². The van der Waals surface area contributed by atoms with Crippen molar-refractivity contribution in [3.8, 4) is 11.5 Å². The van der Waals surface area contributed by atoms with Crippen LogP contribution in [-0.2, 0) is 6.42 Å². The first-order valence-corrected chi connectivity index (χ1v) is 10.7. The van der Waals surface area contributed by atoms with Crippen LogP contribution < -0.4 is 20.7 Å². The Labute approximate surface area is 175 Å². The summed E-state index contributed by atoms with van der Waals surface area (Å²) < 4.78 is 5.85. The van der Waals surface area contributed by atoms with Crippen LogP contribution in [-0.4, -0.2) is 30.6 Å². The Morgan fingerprint density at radius 1 is 1.10 bits per heavy atom. The lowest BCUT2D eigenvalue weighted by Crippen LogP contribution is -2.23. The van der Waals surface area contributed by atoms with E-state index in [9.17, 15) is 0 Å². The smallest absolute Gasteiger partial charge is 0.193 e. The third-order valence-corrected chi connectivity index (χ3v) is 5.60. The zero-order valence-corrected chi connectivity index (χ0v) is 17.1. The van der Waals surface area contributed by atoms with Crippen LogP contribution in [0.3, 0.4) is 0 Å². The van der Waals surface area contributed by atoms with Gasteiger partial charge in [-0.1, -0.05) is 24.3 Å². The molecule has 0 amide bonds. The molecule has 0 bridgehead atoms. The van der Waals surface area contributed by atoms with Crippen LogP contribution in [0.15, 0.2) is 65.0 Å². The van der Waals surface area contributed by atoms with Crippen molar-refractivity contribution < 1.29 is 4.74 Å². The Morgan fingerprint density at radius 2 is 1.90 bits per heavy atom. The summed E-state index contributed by atoms with van der Waals surface area (Å²) in [4.78, 5) is 11.5. The molecule has 1 aliphatic rings. The molecule has 150 valence electrons. The summed E-state index contributed by atoms with van der Waals surface area (Å²) in [5, 5.41) is 6.38. The van der Waals surface area contributed by atoms with Gasteiger partial charge in [-0.3, -0.25) is 4.99 Å². The highest BCUT2D eigenvalue weighted by molar-refractivity contribution is 7.13. The molecule has 0 atom stereocenters. The molecule has 0 radical (unpaired) electrons. The molecular weight excluding hydrogens is 382 g/mol. The van der Waals surface area contributed by atoms with E-state index in [1.165, 1.54) is 12.8 Å². The predicted octanol–water partition coefficient (Wildman–Crippen LogP) is 4.50. The van der Waals surface area contributed by atoms with E-state index in [1.54, 1.807) is 11.3 Å². The van der Waals surface area contributed by atoms with E-state index < -0.39 is 0 Å². The van der Waals surface area contributed by atoms with Gasteiger partial charge in [-0.25, -0.2) is 4.98 Å². The number of rotatable bonds is 7. The molecule has 0 saturated carbocycles. The van der Waals surface area contributed by atoms with Crippen LogP contribution >= 0.6 is 11.3 Å². The molecule has 2 heterocycles. The van der Waals surface area contributed by atoms with Crippen molar-refractivity contribution in [3.05, 3.63) is 65.7 Å². The molecule has 3 aromatic rings. The molecule has 0 spiro atoms. The molecule has 4 rings (SSSR count). The van der Waals surface area contributed by atoms with Gasteiger partial charge in [0.05, 0.1) is 5.69 Å². The van der Waals surface area contributed by atoms with Crippen molar-refractivity contribution in [3.63, 3.8) is 0 Å². The SMILES string of the molecule is NC(=NCCc1csc(N2CCCC2)n1)Nc1cccc(Oc2ccccc2)c1. The Kier molecular flexibility index (Phi) is 6.26. The number of nitrogens with two attached hydrogens (primary N) is 1. The van der Waals surface area contributed by atoms with Crippen molar-refractivity contribution in [2.45, 2.75) is 19.3 Å². The van der Waals surface area contributed by atoms with Crippen LogP contribution in [0.4, 0.5) is 10.8 Å². The van der Waals surface area contributed by atoms with Gasteiger partial charge in [-0.2, -0.15) is 0 Å². The number of anilines is 2. The molecule has 1 aliphatic heterocycles. The number of aromatic nitrogens is 1. The summed E-state index contributed by atoms with van der Waals surface area (Å²) in [5.41, 5.74) is 7.96. The largest absolute Gasteiger partial charge is 0.457 e. The summed E-state index contributed by atoms with van der Waals surface area (Å²) in [6.45, 7) is 2.84. The summed E-state index contributed by atoms with van der Waals surface area (Å²) in [7, 11) is 0. The second-order valence-corrected chi connectivity index (χ2v) is 7.74. The van der Waals surface area contributed by atoms with Gasteiger partial charge in [0.25, 0.3) is 0 Å². The Balaban J connectivity index is 1.29. The normalized spacial score (nSPS) is 14.2. The highest BCUT2D eigenvalue weighted by Crippen LogP contribution is 2.25. The molecule has 29 heavy (non-hydrogen) atoms. The molecule has 0 unspecified atom stereocenters. The van der Waals surface area contributed by atoms with E-state index in [0.29, 0.717) is 12.5 Å². The number of aliphatic imine (C=N–C) groups is 1. The number of hydrogen-bond acceptors (Lipinski definition) is 5. The molecule has 2 aromatic carbocycles. The zero-order chi connectivity index (χ0) is 19.9. The van der Waals surface area contributed by atoms with Crippen molar-refractivity contribution in [1.29, 1.82) is 0 Å². The van der Waals surface area contributed by atoms with Gasteiger partial charge in [-0.15, -0.1) is 11.3 Å². The second-order valence-electron chi connectivity index (χ2n) is 6.90. The van der Waals surface area contributed by atoms with Gasteiger partial charge >= 0.3 is 0 Å². The quantitative estimate of drug-likeness (QED) is 0.445. The lowest BCUT2D eigenvalue weighted by atomic mass is 10.3. The number of ether oxygens (including phenoxy) is 1. The number of thiazole rings is 1. The topological polar surface area (TPSA) is 75.8 Å². The fourth-order valence-electron chi connectivity index (χ4n) is 3.21. The summed E-state index contributed by atoms with van der Waals surface area (Å²) >= 11 is 1.72. The van der Waals surface area contributed by atoms with Crippen molar-refractivity contribution in [2.24, 2.45) is 10.7 Å². The number of hydrogen-bond donors (Lipinski definition) is 2. The van der Waals surface area contributed by atoms with Gasteiger partial charge in [0.2, 0.25) is 0 Å². The lowest BCUT2D eigenvalue weighted by Gasteiger charge is -2.12. The highest BCUT2D eigenvalue weighted by atomic mass is 32.1. The van der Waals surface area contributed by atoms with Gasteiger partial charge < -0.3 is 20.7 Å². The number of nitrogens with zero attached hydrogens (tertiary/aromatic N) is 3. The number of para-hydroxylation sites is 1. The first-order valence-electron chi connectivity index (χ1n) is 9.85. The Morgan fingerprint density at radius 3 is 2.72 bits per heavy atom. The minimum absolute atomic E-state index is 0.386. The van der Waals surface area contributed by atoms with E-state index in [4.69, 9.17) is 15.5 Å². The maximum absolute atomic E-state index is 6.05. The van der Waals surface area contributed by atoms with Crippen LogP contribution in [0.2, 0.25) is 0 Å². The average molecular weight is 408 g/mol. The van der Waals surface area contributed by atoms with Crippen molar-refractivity contribution in [2.75, 3.05) is 29.9 Å². The number of nitrogens with one attached hydrogen (secondary N) is 1. The Bertz CT molecular complexity index is 951. The van der Waals surface area contributed by atoms with E-state index in [0.717, 1.165) is 47.5 Å². The maximum atomic E-state index is 6.05. The number of benzene rings is 2. The van der Waals surface area contributed by atoms with E-state index in [2.05, 4.69) is 20.6 Å². The van der Waals surface area contributed by atoms with Gasteiger partial charge in [0.1, 0.15) is 11.5 Å². The monoisotopic (exact) mass is 407 g/mol. The fourth-order valence-corrected chi connectivity index (χ4v) is 4.12. The standard InChI is InChI=1S/C22H25N5OS/c23-21(24-12-11-18-16-29-22(26-18)27-13-4-5-14-27)25-17-7-6-10-20(15-17)28-19-8-2-1-3-9-19/h1-3,6-10,15-16H,4-5,11-14H2,(H3,23,24,25). The number of guanidine groups is 1. The minimum atomic E-state index is 0.386. The van der Waals surface area contributed by atoms with Crippen LogP contribution in [0.5, 0.6) is 11.5 Å². The van der Waals surface area contributed by atoms with E-state index in [1.807, 2.05) is 54.6 Å². The molecule has 1 fully saturated rings. The summed E-state index contributed by atoms with van der Waals surface area (Å²) in [6.07, 6.45) is 3.31. The maximum Gasteiger partial charge on any atom is 0.193 e. The van der Waals surface area contributed by atoms with Gasteiger partial charge in [-0.05, 0) is 37.1 Å². The van der Waals surface area contributed by atoms with E-state index >= 15 is 0 Å². The average Bonchev–Trinajstić information content (AvgIpc) is 3.41. The molecule has 3 N–H and O–H groups in total. The predicted molar refractivity (Wildman–Crippen MR) is 120 cm³/mol. The molecule has 7 heteroatoms. The minimum Gasteiger partial charge on any atom is -0.457 e. The van der Waals surface area contributed by atoms with Crippen LogP contribution in [0, 0.1) is 0 Å².